The molecule has 0 aliphatic rings. The Labute approximate surface area is 144 Å². The van der Waals surface area contributed by atoms with Crippen molar-refractivity contribution in [2.24, 2.45) is 5.10 Å². The molecule has 5 nitrogen and oxygen atoms in total. The molecule has 1 amide bonds. The third-order valence-electron chi connectivity index (χ3n) is 2.55. The van der Waals surface area contributed by atoms with E-state index in [0.717, 1.165) is 8.95 Å². The molecule has 22 heavy (non-hydrogen) atoms. The van der Waals surface area contributed by atoms with E-state index in [0.29, 0.717) is 11.3 Å². The minimum absolute atomic E-state index is 0.0755. The average molecular weight is 428 g/mol. The van der Waals surface area contributed by atoms with E-state index < -0.39 is 5.91 Å². The molecule has 0 atom stereocenters. The van der Waals surface area contributed by atoms with Gasteiger partial charge in [-0.3, -0.25) is 4.79 Å². The summed E-state index contributed by atoms with van der Waals surface area (Å²) >= 11 is 6.61. The lowest BCUT2D eigenvalue weighted by atomic mass is 10.2. The zero-order chi connectivity index (χ0) is 15.9. The number of carbonyl (C=O) groups excluding carboxylic acids is 1. The molecule has 114 valence electrons. The lowest BCUT2D eigenvalue weighted by Crippen LogP contribution is -2.24. The number of halogens is 2. The summed E-state index contributed by atoms with van der Waals surface area (Å²) in [5, 5.41) is 13.4. The van der Waals surface area contributed by atoms with E-state index in [1.165, 1.54) is 12.3 Å². The van der Waals surface area contributed by atoms with Crippen LogP contribution in [0.15, 0.2) is 56.5 Å². The molecule has 2 aromatic carbocycles. The Morgan fingerprint density at radius 1 is 1.23 bits per heavy atom. The molecular formula is C15H12Br2N2O3. The Balaban J connectivity index is 1.85. The first-order valence-electron chi connectivity index (χ1n) is 6.23. The van der Waals surface area contributed by atoms with Gasteiger partial charge in [0.05, 0.1) is 6.21 Å². The van der Waals surface area contributed by atoms with E-state index in [1.807, 2.05) is 12.1 Å². The van der Waals surface area contributed by atoms with Crippen LogP contribution in [0, 0.1) is 0 Å². The molecule has 0 aliphatic heterocycles. The molecule has 0 radical (unpaired) electrons. The number of rotatable bonds is 5. The van der Waals surface area contributed by atoms with Crippen LogP contribution in [0.1, 0.15) is 5.56 Å². The molecule has 0 spiro atoms. The Bertz CT molecular complexity index is 705. The normalized spacial score (nSPS) is 10.6. The highest BCUT2D eigenvalue weighted by Crippen LogP contribution is 2.20. The number of aromatic hydroxyl groups is 1. The number of amides is 1. The van der Waals surface area contributed by atoms with Gasteiger partial charge >= 0.3 is 0 Å². The van der Waals surface area contributed by atoms with Gasteiger partial charge in [-0.15, -0.1) is 0 Å². The van der Waals surface area contributed by atoms with Crippen molar-refractivity contribution in [1.29, 1.82) is 0 Å². The third-order valence-corrected chi connectivity index (χ3v) is 3.53. The Morgan fingerprint density at radius 2 is 2.00 bits per heavy atom. The van der Waals surface area contributed by atoms with Crippen molar-refractivity contribution in [3.8, 4) is 11.5 Å². The molecule has 0 bridgehead atoms. The summed E-state index contributed by atoms with van der Waals surface area (Å²) < 4.78 is 6.99. The van der Waals surface area contributed by atoms with Crippen molar-refractivity contribution in [3.63, 3.8) is 0 Å². The number of hydrazone groups is 1. The lowest BCUT2D eigenvalue weighted by Gasteiger charge is -2.05. The summed E-state index contributed by atoms with van der Waals surface area (Å²) in [6.07, 6.45) is 1.36. The maximum absolute atomic E-state index is 11.6. The molecule has 2 rings (SSSR count). The lowest BCUT2D eigenvalue weighted by molar-refractivity contribution is -0.123. The van der Waals surface area contributed by atoms with Crippen molar-refractivity contribution < 1.29 is 14.6 Å². The van der Waals surface area contributed by atoms with E-state index in [-0.39, 0.29) is 12.4 Å². The smallest absolute Gasteiger partial charge is 0.277 e. The molecule has 0 fully saturated rings. The second kappa shape index (κ2) is 7.95. The summed E-state index contributed by atoms with van der Waals surface area (Å²) in [4.78, 5) is 11.6. The summed E-state index contributed by atoms with van der Waals surface area (Å²) in [6.45, 7) is -0.155. The highest BCUT2D eigenvalue weighted by atomic mass is 79.9. The van der Waals surface area contributed by atoms with Crippen molar-refractivity contribution in [2.75, 3.05) is 6.61 Å². The van der Waals surface area contributed by atoms with Gasteiger partial charge in [0.1, 0.15) is 11.5 Å². The molecule has 0 unspecified atom stereocenters. The van der Waals surface area contributed by atoms with E-state index >= 15 is 0 Å². The highest BCUT2D eigenvalue weighted by Gasteiger charge is 2.02. The minimum atomic E-state index is -0.397. The molecule has 2 aromatic rings. The monoisotopic (exact) mass is 426 g/mol. The first kappa shape index (κ1) is 16.5. The first-order valence-corrected chi connectivity index (χ1v) is 7.82. The number of nitrogens with zero attached hydrogens (tertiary/aromatic N) is 1. The fourth-order valence-corrected chi connectivity index (χ4v) is 2.30. The van der Waals surface area contributed by atoms with Gasteiger partial charge < -0.3 is 9.84 Å². The number of nitrogens with one attached hydrogen (secondary N) is 1. The number of hydrogen-bond acceptors (Lipinski definition) is 4. The van der Waals surface area contributed by atoms with Gasteiger partial charge in [0.15, 0.2) is 6.61 Å². The number of hydrogen-bond donors (Lipinski definition) is 2. The number of phenolic OH excluding ortho intramolecular Hbond substituents is 1. The summed E-state index contributed by atoms with van der Waals surface area (Å²) in [5.74, 6) is 0.260. The summed E-state index contributed by atoms with van der Waals surface area (Å²) in [7, 11) is 0. The maximum Gasteiger partial charge on any atom is 0.277 e. The van der Waals surface area contributed by atoms with Crippen LogP contribution in [0.5, 0.6) is 11.5 Å². The third kappa shape index (κ3) is 5.16. The topological polar surface area (TPSA) is 70.9 Å². The first-order chi connectivity index (χ1) is 10.5. The number of carbonyl (C=O) groups is 1. The standard InChI is InChI=1S/C15H12Br2N2O3/c16-11-2-1-3-13(7-11)22-9-15(21)19-18-8-10-6-12(17)4-5-14(10)20/h1-8,20H,9H2,(H,19,21)/b18-8+. The van der Waals surface area contributed by atoms with Crippen molar-refractivity contribution >= 4 is 44.0 Å². The molecule has 7 heteroatoms. The second-order valence-corrected chi connectivity index (χ2v) is 6.07. The largest absolute Gasteiger partial charge is 0.507 e. The van der Waals surface area contributed by atoms with Crippen LogP contribution in [0.2, 0.25) is 0 Å². The van der Waals surface area contributed by atoms with E-state index in [9.17, 15) is 9.90 Å². The fraction of sp³-hybridized carbons (Fsp3) is 0.0667. The van der Waals surface area contributed by atoms with Gasteiger partial charge in [-0.1, -0.05) is 37.9 Å². The van der Waals surface area contributed by atoms with Gasteiger partial charge in [0.2, 0.25) is 0 Å². The van der Waals surface area contributed by atoms with Gasteiger partial charge in [-0.05, 0) is 36.4 Å². The molecule has 0 heterocycles. The van der Waals surface area contributed by atoms with E-state index in [4.69, 9.17) is 4.74 Å². The van der Waals surface area contributed by atoms with Crippen molar-refractivity contribution in [3.05, 3.63) is 57.0 Å². The van der Waals surface area contributed by atoms with Crippen molar-refractivity contribution in [1.82, 2.24) is 5.43 Å². The van der Waals surface area contributed by atoms with Gasteiger partial charge in [-0.2, -0.15) is 5.10 Å². The predicted octanol–water partition coefficient (Wildman–Crippen LogP) is 3.45. The van der Waals surface area contributed by atoms with Crippen LogP contribution in [0.25, 0.3) is 0 Å². The van der Waals surface area contributed by atoms with Gasteiger partial charge in [-0.25, -0.2) is 5.43 Å². The minimum Gasteiger partial charge on any atom is -0.507 e. The van der Waals surface area contributed by atoms with E-state index in [1.54, 1.807) is 24.3 Å². The van der Waals surface area contributed by atoms with Crippen LogP contribution in [-0.2, 0) is 4.79 Å². The molecule has 0 saturated heterocycles. The molecule has 2 N–H and O–H groups in total. The quantitative estimate of drug-likeness (QED) is 0.567. The zero-order valence-corrected chi connectivity index (χ0v) is 14.5. The average Bonchev–Trinajstić information content (AvgIpc) is 2.49. The Kier molecular flexibility index (Phi) is 5.97. The highest BCUT2D eigenvalue weighted by molar-refractivity contribution is 9.10. The summed E-state index contributed by atoms with van der Waals surface area (Å²) in [5.41, 5.74) is 2.82. The molecular weight excluding hydrogens is 416 g/mol. The molecule has 0 aromatic heterocycles. The van der Waals surface area contributed by atoms with Crippen LogP contribution in [0.3, 0.4) is 0 Å². The number of phenols is 1. The van der Waals surface area contributed by atoms with E-state index in [2.05, 4.69) is 42.4 Å². The molecule has 0 aliphatic carbocycles. The molecule has 0 saturated carbocycles. The van der Waals surface area contributed by atoms with Crippen molar-refractivity contribution in [2.45, 2.75) is 0 Å². The predicted molar refractivity (Wildman–Crippen MR) is 91.2 cm³/mol. The van der Waals surface area contributed by atoms with Crippen LogP contribution in [-0.4, -0.2) is 23.8 Å². The number of ether oxygens (including phenoxy) is 1. The number of benzene rings is 2. The van der Waals surface area contributed by atoms with Crippen LogP contribution >= 0.6 is 31.9 Å². The fourth-order valence-electron chi connectivity index (χ4n) is 1.54. The Hall–Kier alpha value is -1.86. The second-order valence-electron chi connectivity index (χ2n) is 4.24. The van der Waals surface area contributed by atoms with Gasteiger partial charge in [0.25, 0.3) is 5.91 Å². The zero-order valence-electron chi connectivity index (χ0n) is 11.3. The van der Waals surface area contributed by atoms with Crippen LogP contribution in [0.4, 0.5) is 0 Å². The maximum atomic E-state index is 11.6. The SMILES string of the molecule is O=C(COc1cccc(Br)c1)N/N=C/c1cc(Br)ccc1O. The van der Waals surface area contributed by atoms with Crippen LogP contribution < -0.4 is 10.2 Å². The van der Waals surface area contributed by atoms with Gasteiger partial charge in [0, 0.05) is 14.5 Å². The Morgan fingerprint density at radius 3 is 2.77 bits per heavy atom. The summed E-state index contributed by atoms with van der Waals surface area (Å²) in [6, 6.07) is 12.1.